The molecule has 7 nitrogen and oxygen atoms in total. The van der Waals surface area contributed by atoms with Crippen molar-refractivity contribution in [1.29, 1.82) is 0 Å². The van der Waals surface area contributed by atoms with Crippen molar-refractivity contribution in [3.8, 4) is 27.8 Å². The van der Waals surface area contributed by atoms with E-state index < -0.39 is 0 Å². The zero-order valence-electron chi connectivity index (χ0n) is 14.9. The molecule has 26 heavy (non-hydrogen) atoms. The highest BCUT2D eigenvalue weighted by atomic mass is 32.1. The molecule has 0 atom stereocenters. The molecule has 0 saturated heterocycles. The lowest BCUT2D eigenvalue weighted by Gasteiger charge is -2.09. The molecule has 0 bridgehead atoms. The topological polar surface area (TPSA) is 91.2 Å². The highest BCUT2D eigenvalue weighted by Gasteiger charge is 2.23. The van der Waals surface area contributed by atoms with Crippen LogP contribution in [0.15, 0.2) is 29.5 Å². The number of ether oxygens (including phenoxy) is 1. The predicted octanol–water partition coefficient (Wildman–Crippen LogP) is 2.92. The SMILES string of the molecule is CN=C(N)c1ccc2c(c1)OCCc1sc(-c3ncnn3C(C)C)nc1-2. The first-order valence-corrected chi connectivity index (χ1v) is 9.29. The third kappa shape index (κ3) is 2.76. The first-order valence-electron chi connectivity index (χ1n) is 8.48. The van der Waals surface area contributed by atoms with E-state index in [4.69, 9.17) is 15.5 Å². The van der Waals surface area contributed by atoms with Crippen molar-refractivity contribution in [2.75, 3.05) is 13.7 Å². The first-order chi connectivity index (χ1) is 12.6. The number of hydrogen-bond acceptors (Lipinski definition) is 6. The van der Waals surface area contributed by atoms with Gasteiger partial charge in [-0.05, 0) is 26.0 Å². The van der Waals surface area contributed by atoms with Gasteiger partial charge < -0.3 is 10.5 Å². The summed E-state index contributed by atoms with van der Waals surface area (Å²) in [5, 5.41) is 5.20. The van der Waals surface area contributed by atoms with Crippen molar-refractivity contribution < 1.29 is 4.74 Å². The van der Waals surface area contributed by atoms with Crippen molar-refractivity contribution in [3.63, 3.8) is 0 Å². The molecule has 0 fully saturated rings. The largest absolute Gasteiger partial charge is 0.492 e. The van der Waals surface area contributed by atoms with Crippen LogP contribution in [0.3, 0.4) is 0 Å². The highest BCUT2D eigenvalue weighted by molar-refractivity contribution is 7.15. The maximum absolute atomic E-state index is 5.94. The summed E-state index contributed by atoms with van der Waals surface area (Å²) in [6, 6.07) is 6.12. The van der Waals surface area contributed by atoms with Gasteiger partial charge in [-0.15, -0.1) is 11.3 Å². The molecule has 0 spiro atoms. The summed E-state index contributed by atoms with van der Waals surface area (Å²) in [4.78, 5) is 14.5. The lowest BCUT2D eigenvalue weighted by molar-refractivity contribution is 0.327. The summed E-state index contributed by atoms with van der Waals surface area (Å²) >= 11 is 1.65. The molecule has 0 saturated carbocycles. The van der Waals surface area contributed by atoms with Crippen molar-refractivity contribution >= 4 is 17.2 Å². The number of aromatic nitrogens is 4. The smallest absolute Gasteiger partial charge is 0.187 e. The van der Waals surface area contributed by atoms with Crippen LogP contribution in [0.4, 0.5) is 0 Å². The second-order valence-electron chi connectivity index (χ2n) is 6.33. The Morgan fingerprint density at radius 3 is 3.00 bits per heavy atom. The molecule has 3 heterocycles. The van der Waals surface area contributed by atoms with Gasteiger partial charge in [-0.2, -0.15) is 5.10 Å². The molecule has 0 unspecified atom stereocenters. The van der Waals surface area contributed by atoms with E-state index in [-0.39, 0.29) is 6.04 Å². The third-order valence-electron chi connectivity index (χ3n) is 4.31. The number of hydrogen-bond donors (Lipinski definition) is 1. The second-order valence-corrected chi connectivity index (χ2v) is 7.41. The van der Waals surface area contributed by atoms with Crippen LogP contribution in [0.25, 0.3) is 22.1 Å². The number of nitrogens with zero attached hydrogens (tertiary/aromatic N) is 5. The second kappa shape index (κ2) is 6.53. The Balaban J connectivity index is 1.82. The van der Waals surface area contributed by atoms with Crippen LogP contribution in [0.1, 0.15) is 30.3 Å². The fourth-order valence-electron chi connectivity index (χ4n) is 2.99. The maximum atomic E-state index is 5.94. The number of benzene rings is 1. The Kier molecular flexibility index (Phi) is 4.20. The number of aliphatic imine (C=N–C) groups is 1. The molecular formula is C18H20N6OS. The minimum Gasteiger partial charge on any atom is -0.492 e. The molecule has 2 aromatic heterocycles. The highest BCUT2D eigenvalue weighted by Crippen LogP contribution is 2.40. The Hall–Kier alpha value is -2.74. The van der Waals surface area contributed by atoms with Gasteiger partial charge >= 0.3 is 0 Å². The van der Waals surface area contributed by atoms with Crippen LogP contribution in [-0.2, 0) is 6.42 Å². The van der Waals surface area contributed by atoms with E-state index in [9.17, 15) is 0 Å². The minimum absolute atomic E-state index is 0.227. The zero-order chi connectivity index (χ0) is 18.3. The van der Waals surface area contributed by atoms with Gasteiger partial charge in [0.15, 0.2) is 10.8 Å². The van der Waals surface area contributed by atoms with E-state index in [0.29, 0.717) is 12.4 Å². The van der Waals surface area contributed by atoms with Gasteiger partial charge in [0.05, 0.1) is 12.3 Å². The molecule has 0 radical (unpaired) electrons. The Morgan fingerprint density at radius 2 is 2.23 bits per heavy atom. The maximum Gasteiger partial charge on any atom is 0.187 e. The summed E-state index contributed by atoms with van der Waals surface area (Å²) in [7, 11) is 1.68. The Bertz CT molecular complexity index is 987. The molecule has 0 aliphatic carbocycles. The fourth-order valence-corrected chi connectivity index (χ4v) is 4.03. The van der Waals surface area contributed by atoms with E-state index in [1.807, 2.05) is 22.9 Å². The summed E-state index contributed by atoms with van der Waals surface area (Å²) < 4.78 is 7.84. The van der Waals surface area contributed by atoms with E-state index >= 15 is 0 Å². The van der Waals surface area contributed by atoms with Crippen molar-refractivity contribution in [2.24, 2.45) is 10.7 Å². The van der Waals surface area contributed by atoms with Crippen LogP contribution in [0.5, 0.6) is 5.75 Å². The van der Waals surface area contributed by atoms with Crippen LogP contribution in [0, 0.1) is 0 Å². The van der Waals surface area contributed by atoms with Gasteiger partial charge in [-0.1, -0.05) is 6.07 Å². The molecule has 4 rings (SSSR count). The van der Waals surface area contributed by atoms with Gasteiger partial charge in [0.25, 0.3) is 0 Å². The van der Waals surface area contributed by atoms with E-state index in [1.54, 1.807) is 24.7 Å². The van der Waals surface area contributed by atoms with Gasteiger partial charge in [-0.25, -0.2) is 14.6 Å². The van der Waals surface area contributed by atoms with E-state index in [0.717, 1.165) is 39.8 Å². The summed E-state index contributed by atoms with van der Waals surface area (Å²) in [5.74, 6) is 2.08. The minimum atomic E-state index is 0.227. The third-order valence-corrected chi connectivity index (χ3v) is 5.42. The molecule has 8 heteroatoms. The van der Waals surface area contributed by atoms with Gasteiger partial charge in [0.2, 0.25) is 0 Å². The van der Waals surface area contributed by atoms with Crippen LogP contribution in [0.2, 0.25) is 0 Å². The van der Waals surface area contributed by atoms with Gasteiger partial charge in [0.1, 0.15) is 17.9 Å². The molecule has 2 N–H and O–H groups in total. The zero-order valence-corrected chi connectivity index (χ0v) is 15.7. The van der Waals surface area contributed by atoms with Crippen molar-refractivity contribution in [3.05, 3.63) is 35.0 Å². The number of thiazole rings is 1. The van der Waals surface area contributed by atoms with Crippen LogP contribution in [-0.4, -0.2) is 39.2 Å². The molecule has 1 aromatic carbocycles. The van der Waals surface area contributed by atoms with Gasteiger partial charge in [-0.3, -0.25) is 4.99 Å². The molecule has 1 aliphatic heterocycles. The van der Waals surface area contributed by atoms with Crippen molar-refractivity contribution in [2.45, 2.75) is 26.3 Å². The monoisotopic (exact) mass is 368 g/mol. The number of rotatable bonds is 3. The molecule has 1 aliphatic rings. The molecule has 0 amide bonds. The number of amidine groups is 1. The quantitative estimate of drug-likeness (QED) is 0.567. The van der Waals surface area contributed by atoms with E-state index in [1.165, 1.54) is 4.88 Å². The Labute approximate surface area is 155 Å². The summed E-state index contributed by atoms with van der Waals surface area (Å²) in [6.07, 6.45) is 2.39. The Morgan fingerprint density at radius 1 is 1.38 bits per heavy atom. The van der Waals surface area contributed by atoms with Crippen LogP contribution < -0.4 is 10.5 Å². The number of fused-ring (bicyclic) bond motifs is 3. The number of nitrogens with two attached hydrogens (primary N) is 1. The standard InChI is InChI=1S/C18H20N6OS/c1-10(2)24-17(21-9-22-24)18-23-15-12-5-4-11(16(19)20-3)8-13(12)25-7-6-14(15)26-18/h4-5,8-10H,6-7H2,1-3H3,(H2,19,20). The first kappa shape index (κ1) is 16.7. The van der Waals surface area contributed by atoms with Crippen molar-refractivity contribution in [1.82, 2.24) is 19.7 Å². The van der Waals surface area contributed by atoms with E-state index in [2.05, 4.69) is 28.9 Å². The normalized spacial score (nSPS) is 13.9. The molecular weight excluding hydrogens is 348 g/mol. The fraction of sp³-hybridized carbons (Fsp3) is 0.333. The predicted molar refractivity (Wildman–Crippen MR) is 103 cm³/mol. The summed E-state index contributed by atoms with van der Waals surface area (Å²) in [6.45, 7) is 4.77. The summed E-state index contributed by atoms with van der Waals surface area (Å²) in [5.41, 5.74) is 8.72. The lowest BCUT2D eigenvalue weighted by atomic mass is 10.1. The average Bonchev–Trinajstić information content (AvgIpc) is 3.25. The molecule has 134 valence electrons. The molecule has 3 aromatic rings. The van der Waals surface area contributed by atoms with Gasteiger partial charge in [0, 0.05) is 35.5 Å². The average molecular weight is 368 g/mol. The lowest BCUT2D eigenvalue weighted by Crippen LogP contribution is -2.13. The van der Waals surface area contributed by atoms with Crippen LogP contribution >= 0.6 is 11.3 Å².